The van der Waals surface area contributed by atoms with Crippen molar-refractivity contribution in [3.63, 3.8) is 0 Å². The van der Waals surface area contributed by atoms with E-state index in [4.69, 9.17) is 14.2 Å². The number of hydrogen-bond donors (Lipinski definition) is 1. The van der Waals surface area contributed by atoms with Gasteiger partial charge in [-0.15, -0.1) is 0 Å². The molecular weight excluding hydrogens is 370 g/mol. The van der Waals surface area contributed by atoms with Gasteiger partial charge in [-0.3, -0.25) is 4.79 Å². The molecule has 0 saturated carbocycles. The summed E-state index contributed by atoms with van der Waals surface area (Å²) in [6, 6.07) is 14.3. The second kappa shape index (κ2) is 10.1. The number of nitrogens with one attached hydrogen (secondary N) is 1. The average Bonchev–Trinajstić information content (AvgIpc) is 3.26. The van der Waals surface area contributed by atoms with Crippen LogP contribution in [-0.2, 0) is 20.7 Å². The summed E-state index contributed by atoms with van der Waals surface area (Å²) in [6.45, 7) is 4.90. The molecule has 1 heterocycles. The Kier molecular flexibility index (Phi) is 7.25. The number of carbonyl (C=O) groups excluding carboxylic acids is 2. The number of amides is 1. The Hall–Kier alpha value is -2.86. The van der Waals surface area contributed by atoms with Gasteiger partial charge in [0, 0.05) is 12.3 Å². The predicted molar refractivity (Wildman–Crippen MR) is 110 cm³/mol. The van der Waals surface area contributed by atoms with Gasteiger partial charge in [-0.2, -0.15) is 0 Å². The first-order valence-electron chi connectivity index (χ1n) is 10.0. The molecule has 0 aromatic heterocycles. The van der Waals surface area contributed by atoms with E-state index in [-0.39, 0.29) is 12.0 Å². The highest BCUT2D eigenvalue weighted by molar-refractivity contribution is 5.97. The van der Waals surface area contributed by atoms with Gasteiger partial charge < -0.3 is 19.5 Å². The van der Waals surface area contributed by atoms with Gasteiger partial charge in [0.1, 0.15) is 12.4 Å². The summed E-state index contributed by atoms with van der Waals surface area (Å²) >= 11 is 0. The SMILES string of the molecule is CCc1ccc(NC(=O)[C@H](C)OC(=O)c2ccc(OC[C@@H]3CCCO3)cc2)cc1. The molecule has 1 N–H and O–H groups in total. The molecule has 0 unspecified atom stereocenters. The van der Waals surface area contributed by atoms with E-state index in [0.29, 0.717) is 23.6 Å². The fraction of sp³-hybridized carbons (Fsp3) is 0.391. The Morgan fingerprint density at radius 3 is 2.48 bits per heavy atom. The van der Waals surface area contributed by atoms with E-state index in [2.05, 4.69) is 12.2 Å². The van der Waals surface area contributed by atoms with Crippen LogP contribution in [-0.4, -0.2) is 37.3 Å². The van der Waals surface area contributed by atoms with Crippen LogP contribution >= 0.6 is 0 Å². The molecule has 154 valence electrons. The summed E-state index contributed by atoms with van der Waals surface area (Å²) in [4.78, 5) is 24.6. The highest BCUT2D eigenvalue weighted by atomic mass is 16.5. The Morgan fingerprint density at radius 2 is 1.86 bits per heavy atom. The first-order chi connectivity index (χ1) is 14.0. The maximum atomic E-state index is 12.3. The number of aryl methyl sites for hydroxylation is 1. The van der Waals surface area contributed by atoms with Crippen molar-refractivity contribution in [2.75, 3.05) is 18.5 Å². The van der Waals surface area contributed by atoms with Crippen LogP contribution in [0.5, 0.6) is 5.75 Å². The molecule has 0 radical (unpaired) electrons. The second-order valence-electron chi connectivity index (χ2n) is 7.06. The molecule has 2 aromatic carbocycles. The van der Waals surface area contributed by atoms with Gasteiger partial charge in [-0.25, -0.2) is 4.79 Å². The van der Waals surface area contributed by atoms with Crippen LogP contribution < -0.4 is 10.1 Å². The van der Waals surface area contributed by atoms with E-state index in [9.17, 15) is 9.59 Å². The predicted octanol–water partition coefficient (Wildman–Crippen LogP) is 3.99. The minimum Gasteiger partial charge on any atom is -0.491 e. The van der Waals surface area contributed by atoms with E-state index in [1.807, 2.05) is 24.3 Å². The topological polar surface area (TPSA) is 73.9 Å². The quantitative estimate of drug-likeness (QED) is 0.682. The van der Waals surface area contributed by atoms with Crippen molar-refractivity contribution in [2.24, 2.45) is 0 Å². The van der Waals surface area contributed by atoms with Gasteiger partial charge >= 0.3 is 5.97 Å². The highest BCUT2D eigenvalue weighted by Gasteiger charge is 2.20. The van der Waals surface area contributed by atoms with Gasteiger partial charge in [0.25, 0.3) is 5.91 Å². The lowest BCUT2D eigenvalue weighted by Gasteiger charge is -2.14. The lowest BCUT2D eigenvalue weighted by molar-refractivity contribution is -0.123. The fourth-order valence-electron chi connectivity index (χ4n) is 3.00. The van der Waals surface area contributed by atoms with Crippen molar-refractivity contribution in [3.05, 3.63) is 59.7 Å². The molecule has 2 atom stereocenters. The maximum Gasteiger partial charge on any atom is 0.338 e. The molecule has 2 aromatic rings. The number of esters is 1. The minimum atomic E-state index is -0.913. The summed E-state index contributed by atoms with van der Waals surface area (Å²) in [5.74, 6) is -0.267. The van der Waals surface area contributed by atoms with E-state index < -0.39 is 12.1 Å². The molecule has 0 aliphatic carbocycles. The standard InChI is InChI=1S/C23H27NO5/c1-3-17-6-10-19(11-7-17)24-22(25)16(2)29-23(26)18-8-12-20(13-9-18)28-15-21-5-4-14-27-21/h6-13,16,21H,3-5,14-15H2,1-2H3,(H,24,25)/t16-,21-/m0/s1. The van der Waals surface area contributed by atoms with Crippen molar-refractivity contribution >= 4 is 17.6 Å². The van der Waals surface area contributed by atoms with Crippen LogP contribution in [0.4, 0.5) is 5.69 Å². The van der Waals surface area contributed by atoms with E-state index in [0.717, 1.165) is 25.9 Å². The summed E-state index contributed by atoms with van der Waals surface area (Å²) in [5, 5.41) is 2.75. The largest absolute Gasteiger partial charge is 0.491 e. The van der Waals surface area contributed by atoms with Gasteiger partial charge in [0.15, 0.2) is 6.10 Å². The number of ether oxygens (including phenoxy) is 3. The van der Waals surface area contributed by atoms with Crippen molar-refractivity contribution in [2.45, 2.75) is 45.3 Å². The average molecular weight is 397 g/mol. The lowest BCUT2D eigenvalue weighted by atomic mass is 10.1. The van der Waals surface area contributed by atoms with Crippen LogP contribution in [0.3, 0.4) is 0 Å². The Bertz CT molecular complexity index is 810. The van der Waals surface area contributed by atoms with E-state index in [1.165, 1.54) is 5.56 Å². The number of benzene rings is 2. The second-order valence-corrected chi connectivity index (χ2v) is 7.06. The Balaban J connectivity index is 1.48. The Labute approximate surface area is 171 Å². The zero-order valence-corrected chi connectivity index (χ0v) is 16.9. The van der Waals surface area contributed by atoms with Crippen LogP contribution in [0.2, 0.25) is 0 Å². The number of anilines is 1. The molecule has 1 fully saturated rings. The molecule has 0 spiro atoms. The Morgan fingerprint density at radius 1 is 1.14 bits per heavy atom. The molecule has 1 amide bonds. The number of hydrogen-bond acceptors (Lipinski definition) is 5. The molecule has 0 bridgehead atoms. The summed E-state index contributed by atoms with van der Waals surface area (Å²) in [5.41, 5.74) is 2.22. The van der Waals surface area contributed by atoms with E-state index >= 15 is 0 Å². The van der Waals surface area contributed by atoms with Crippen molar-refractivity contribution in [1.82, 2.24) is 0 Å². The van der Waals surface area contributed by atoms with Crippen LogP contribution in [0, 0.1) is 0 Å². The third kappa shape index (κ3) is 6.06. The minimum absolute atomic E-state index is 0.136. The van der Waals surface area contributed by atoms with Crippen molar-refractivity contribution < 1.29 is 23.8 Å². The van der Waals surface area contributed by atoms with Crippen LogP contribution in [0.25, 0.3) is 0 Å². The first-order valence-corrected chi connectivity index (χ1v) is 10.0. The van der Waals surface area contributed by atoms with Gasteiger partial charge in [0.05, 0.1) is 11.7 Å². The molecule has 1 aliphatic rings. The molecule has 1 saturated heterocycles. The van der Waals surface area contributed by atoms with Gasteiger partial charge in [-0.1, -0.05) is 19.1 Å². The van der Waals surface area contributed by atoms with Crippen LogP contribution in [0.1, 0.15) is 42.6 Å². The lowest BCUT2D eigenvalue weighted by Crippen LogP contribution is -2.30. The van der Waals surface area contributed by atoms with E-state index in [1.54, 1.807) is 31.2 Å². The zero-order chi connectivity index (χ0) is 20.6. The summed E-state index contributed by atoms with van der Waals surface area (Å²) in [7, 11) is 0. The van der Waals surface area contributed by atoms with Gasteiger partial charge in [-0.05, 0) is 68.1 Å². The van der Waals surface area contributed by atoms with Gasteiger partial charge in [0.2, 0.25) is 0 Å². The number of carbonyl (C=O) groups is 2. The molecule has 29 heavy (non-hydrogen) atoms. The maximum absolute atomic E-state index is 12.3. The zero-order valence-electron chi connectivity index (χ0n) is 16.9. The van der Waals surface area contributed by atoms with Crippen LogP contribution in [0.15, 0.2) is 48.5 Å². The molecule has 6 nitrogen and oxygen atoms in total. The first kappa shape index (κ1) is 20.9. The summed E-state index contributed by atoms with van der Waals surface area (Å²) < 4.78 is 16.5. The highest BCUT2D eigenvalue weighted by Crippen LogP contribution is 2.17. The normalized spacial score (nSPS) is 16.8. The molecule has 3 rings (SSSR count). The van der Waals surface area contributed by atoms with Crippen molar-refractivity contribution in [3.8, 4) is 5.75 Å². The summed E-state index contributed by atoms with van der Waals surface area (Å²) in [6.07, 6.45) is 2.23. The number of rotatable bonds is 8. The smallest absolute Gasteiger partial charge is 0.338 e. The fourth-order valence-corrected chi connectivity index (χ4v) is 3.00. The monoisotopic (exact) mass is 397 g/mol. The third-order valence-corrected chi connectivity index (χ3v) is 4.83. The molecular formula is C23H27NO5. The third-order valence-electron chi connectivity index (χ3n) is 4.83. The van der Waals surface area contributed by atoms with Crippen molar-refractivity contribution in [1.29, 1.82) is 0 Å². The molecule has 6 heteroatoms. The molecule has 1 aliphatic heterocycles.